The summed E-state index contributed by atoms with van der Waals surface area (Å²) in [6, 6.07) is 28.0. The predicted octanol–water partition coefficient (Wildman–Crippen LogP) is 7.85. The molecule has 180 valence electrons. The molecule has 0 saturated heterocycles. The van der Waals surface area contributed by atoms with Crippen molar-refractivity contribution in [3.8, 4) is 16.9 Å². The van der Waals surface area contributed by atoms with Crippen LogP contribution in [0.5, 0.6) is 5.75 Å². The molecule has 0 unspecified atom stereocenters. The van der Waals surface area contributed by atoms with Crippen LogP contribution in [0, 0.1) is 0 Å². The number of para-hydroxylation sites is 1. The van der Waals surface area contributed by atoms with E-state index in [-0.39, 0.29) is 5.91 Å². The zero-order valence-electron chi connectivity index (χ0n) is 20.5. The molecule has 37 heavy (non-hydrogen) atoms. The first-order valence-corrected chi connectivity index (χ1v) is 12.0. The second kappa shape index (κ2) is 9.28. The summed E-state index contributed by atoms with van der Waals surface area (Å²) < 4.78 is 11.6. The Bertz CT molecular complexity index is 1820. The van der Waals surface area contributed by atoms with Crippen molar-refractivity contribution in [1.29, 1.82) is 0 Å². The van der Waals surface area contributed by atoms with Crippen LogP contribution in [0.15, 0.2) is 108 Å². The fraction of sp³-hybridized carbons (Fsp3) is 0.0625. The fourth-order valence-electron chi connectivity index (χ4n) is 4.85. The number of hydrogen-bond acceptors (Lipinski definition) is 4. The number of carbonyl (C=O) groups excluding carboxylic acids is 1. The number of benzene rings is 4. The number of nitrogens with zero attached hydrogens (tertiary/aromatic N) is 1. The number of nitrogens with one attached hydrogen (secondary N) is 1. The van der Waals surface area contributed by atoms with Crippen molar-refractivity contribution in [2.45, 2.75) is 6.92 Å². The van der Waals surface area contributed by atoms with E-state index < -0.39 is 0 Å². The van der Waals surface area contributed by atoms with Crippen molar-refractivity contribution in [3.05, 3.63) is 109 Å². The number of carbonyl (C=O) groups is 1. The van der Waals surface area contributed by atoms with Crippen molar-refractivity contribution in [2.75, 3.05) is 12.4 Å². The van der Waals surface area contributed by atoms with E-state index in [9.17, 15) is 4.79 Å². The molecular weight excluding hydrogens is 460 g/mol. The van der Waals surface area contributed by atoms with Crippen LogP contribution in [0.1, 0.15) is 12.5 Å². The molecule has 0 aliphatic carbocycles. The Morgan fingerprint density at radius 2 is 1.68 bits per heavy atom. The summed E-state index contributed by atoms with van der Waals surface area (Å²) in [5.41, 5.74) is 5.83. The van der Waals surface area contributed by atoms with Gasteiger partial charge in [-0.3, -0.25) is 9.78 Å². The summed E-state index contributed by atoms with van der Waals surface area (Å²) in [7, 11) is 1.62. The maximum atomic E-state index is 13.0. The molecular formula is C32H24N2O3. The number of pyridine rings is 1. The molecule has 0 spiro atoms. The average Bonchev–Trinajstić information content (AvgIpc) is 3.34. The van der Waals surface area contributed by atoms with Gasteiger partial charge < -0.3 is 14.5 Å². The van der Waals surface area contributed by atoms with Crippen molar-refractivity contribution in [3.63, 3.8) is 0 Å². The van der Waals surface area contributed by atoms with Crippen LogP contribution in [0.3, 0.4) is 0 Å². The summed E-state index contributed by atoms with van der Waals surface area (Å²) in [6.07, 6.45) is 5.09. The third kappa shape index (κ3) is 4.10. The van der Waals surface area contributed by atoms with Gasteiger partial charge in [0.2, 0.25) is 5.91 Å². The molecule has 1 N–H and O–H groups in total. The number of amides is 1. The van der Waals surface area contributed by atoms with Crippen LogP contribution in [0.2, 0.25) is 0 Å². The summed E-state index contributed by atoms with van der Waals surface area (Å²) >= 11 is 0. The summed E-state index contributed by atoms with van der Waals surface area (Å²) in [4.78, 5) is 17.4. The smallest absolute Gasteiger partial charge is 0.248 e. The summed E-state index contributed by atoms with van der Waals surface area (Å²) in [6.45, 7) is 1.91. The highest BCUT2D eigenvalue weighted by Gasteiger charge is 2.16. The van der Waals surface area contributed by atoms with E-state index in [4.69, 9.17) is 9.15 Å². The van der Waals surface area contributed by atoms with E-state index in [2.05, 4.69) is 40.6 Å². The standard InChI is InChI=1S/C32H24N2O3/c1-20(16-31(35)34-28-14-6-10-22-11-7-15-33-32(22)28)25-17-26-27(19-37-30(26)18-29(25)36-2)24-13-5-9-21-8-3-4-12-23(21)24/h3-19H,1-2H3,(H,34,35)/b20-16+. The zero-order valence-corrected chi connectivity index (χ0v) is 20.5. The van der Waals surface area contributed by atoms with Gasteiger partial charge in [0, 0.05) is 40.2 Å². The molecule has 5 heteroatoms. The normalized spacial score (nSPS) is 11.8. The number of anilines is 1. The molecule has 0 saturated carbocycles. The van der Waals surface area contributed by atoms with E-state index in [1.807, 2.05) is 61.5 Å². The van der Waals surface area contributed by atoms with Gasteiger partial charge in [-0.2, -0.15) is 0 Å². The van der Waals surface area contributed by atoms with Gasteiger partial charge in [0.15, 0.2) is 0 Å². The highest BCUT2D eigenvalue weighted by atomic mass is 16.5. The van der Waals surface area contributed by atoms with Gasteiger partial charge in [0.1, 0.15) is 11.3 Å². The largest absolute Gasteiger partial charge is 0.496 e. The molecule has 0 fully saturated rings. The second-order valence-corrected chi connectivity index (χ2v) is 8.92. The Labute approximate surface area is 214 Å². The number of hydrogen-bond donors (Lipinski definition) is 1. The number of fused-ring (bicyclic) bond motifs is 3. The van der Waals surface area contributed by atoms with Crippen LogP contribution in [-0.2, 0) is 4.79 Å². The number of furan rings is 1. The predicted molar refractivity (Wildman–Crippen MR) is 150 cm³/mol. The topological polar surface area (TPSA) is 64.4 Å². The van der Waals surface area contributed by atoms with E-state index >= 15 is 0 Å². The fourth-order valence-corrected chi connectivity index (χ4v) is 4.85. The van der Waals surface area contributed by atoms with E-state index in [1.54, 1.807) is 25.6 Å². The van der Waals surface area contributed by atoms with Crippen LogP contribution < -0.4 is 10.1 Å². The lowest BCUT2D eigenvalue weighted by Crippen LogP contribution is -2.09. The van der Waals surface area contributed by atoms with Gasteiger partial charge in [0.25, 0.3) is 0 Å². The van der Waals surface area contributed by atoms with Crippen molar-refractivity contribution in [2.24, 2.45) is 0 Å². The molecule has 0 aliphatic heterocycles. The van der Waals surface area contributed by atoms with E-state index in [0.717, 1.165) is 49.5 Å². The van der Waals surface area contributed by atoms with Crippen molar-refractivity contribution < 1.29 is 13.9 Å². The average molecular weight is 485 g/mol. The van der Waals surface area contributed by atoms with E-state index in [0.29, 0.717) is 11.4 Å². The number of methoxy groups -OCH3 is 1. The van der Waals surface area contributed by atoms with Crippen molar-refractivity contribution in [1.82, 2.24) is 4.98 Å². The Kier molecular flexibility index (Phi) is 5.66. The SMILES string of the molecule is COc1cc2occ(-c3cccc4ccccc34)c2cc1/C(C)=C/C(=O)Nc1cccc2cccnc12. The first-order chi connectivity index (χ1) is 18.1. The molecule has 0 bridgehead atoms. The number of ether oxygens (including phenoxy) is 1. The second-order valence-electron chi connectivity index (χ2n) is 8.92. The molecule has 6 aromatic rings. The molecule has 5 nitrogen and oxygen atoms in total. The Morgan fingerprint density at radius 1 is 0.892 bits per heavy atom. The number of rotatable bonds is 5. The van der Waals surface area contributed by atoms with Crippen LogP contribution >= 0.6 is 0 Å². The zero-order chi connectivity index (χ0) is 25.4. The molecule has 4 aromatic carbocycles. The Morgan fingerprint density at radius 3 is 2.57 bits per heavy atom. The molecule has 2 aromatic heterocycles. The summed E-state index contributed by atoms with van der Waals surface area (Å²) in [5.74, 6) is 0.402. The van der Waals surface area contributed by atoms with Gasteiger partial charge in [-0.25, -0.2) is 0 Å². The Hall–Kier alpha value is -4.90. The van der Waals surface area contributed by atoms with Gasteiger partial charge >= 0.3 is 0 Å². The molecule has 0 aliphatic rings. The third-order valence-corrected chi connectivity index (χ3v) is 6.64. The third-order valence-electron chi connectivity index (χ3n) is 6.64. The lowest BCUT2D eigenvalue weighted by Gasteiger charge is -2.11. The van der Waals surface area contributed by atoms with E-state index in [1.165, 1.54) is 5.39 Å². The summed E-state index contributed by atoms with van der Waals surface area (Å²) in [5, 5.41) is 7.22. The molecule has 0 radical (unpaired) electrons. The molecule has 6 rings (SSSR count). The minimum Gasteiger partial charge on any atom is -0.496 e. The first-order valence-electron chi connectivity index (χ1n) is 12.0. The minimum atomic E-state index is -0.237. The number of allylic oxidation sites excluding steroid dienone is 1. The maximum Gasteiger partial charge on any atom is 0.248 e. The van der Waals surface area contributed by atoms with Crippen LogP contribution in [-0.4, -0.2) is 18.0 Å². The van der Waals surface area contributed by atoms with Gasteiger partial charge in [-0.05, 0) is 47.0 Å². The number of aromatic nitrogens is 1. The molecule has 1 amide bonds. The molecule has 0 atom stereocenters. The maximum absolute atomic E-state index is 13.0. The quantitative estimate of drug-likeness (QED) is 0.253. The lowest BCUT2D eigenvalue weighted by molar-refractivity contribution is -0.111. The van der Waals surface area contributed by atoms with Crippen LogP contribution in [0.4, 0.5) is 5.69 Å². The lowest BCUT2D eigenvalue weighted by atomic mass is 9.96. The van der Waals surface area contributed by atoms with Crippen LogP contribution in [0.25, 0.3) is 49.3 Å². The highest BCUT2D eigenvalue weighted by Crippen LogP contribution is 2.39. The van der Waals surface area contributed by atoms with Gasteiger partial charge in [-0.1, -0.05) is 60.7 Å². The monoisotopic (exact) mass is 484 g/mol. The van der Waals surface area contributed by atoms with Gasteiger partial charge in [-0.15, -0.1) is 0 Å². The highest BCUT2D eigenvalue weighted by molar-refractivity contribution is 6.09. The Balaban J connectivity index is 1.40. The first kappa shape index (κ1) is 22.6. The molecule has 2 heterocycles. The van der Waals surface area contributed by atoms with Gasteiger partial charge in [0.05, 0.1) is 24.6 Å². The minimum absolute atomic E-state index is 0.237. The van der Waals surface area contributed by atoms with Crippen molar-refractivity contribution >= 4 is 49.8 Å².